The molecule has 1 N–H and O–H groups in total. The minimum Gasteiger partial charge on any atom is -0.370 e. The zero-order chi connectivity index (χ0) is 12.1. The fourth-order valence-corrected chi connectivity index (χ4v) is 2.47. The third-order valence-electron chi connectivity index (χ3n) is 3.55. The van der Waals surface area contributed by atoms with Gasteiger partial charge in [-0.15, -0.1) is 0 Å². The highest BCUT2D eigenvalue weighted by Crippen LogP contribution is 2.39. The maximum absolute atomic E-state index is 6.14. The normalized spacial score (nSPS) is 17.8. The van der Waals surface area contributed by atoms with Gasteiger partial charge in [0.2, 0.25) is 0 Å². The number of ether oxygens (including phenoxy) is 1. The molecule has 0 saturated heterocycles. The SMILES string of the molecule is CNCCC1(OCc2ccc(Br)cc2)CCC1. The first kappa shape index (κ1) is 13.1. The van der Waals surface area contributed by atoms with Gasteiger partial charge in [0.15, 0.2) is 0 Å². The molecule has 0 radical (unpaired) electrons. The smallest absolute Gasteiger partial charge is 0.0724 e. The fourth-order valence-electron chi connectivity index (χ4n) is 2.21. The summed E-state index contributed by atoms with van der Waals surface area (Å²) in [5.41, 5.74) is 1.40. The van der Waals surface area contributed by atoms with Crippen LogP contribution in [0.2, 0.25) is 0 Å². The lowest BCUT2D eigenvalue weighted by molar-refractivity contribution is -0.113. The van der Waals surface area contributed by atoms with Gasteiger partial charge in [-0.2, -0.15) is 0 Å². The van der Waals surface area contributed by atoms with Gasteiger partial charge in [-0.3, -0.25) is 0 Å². The Labute approximate surface area is 112 Å². The molecule has 1 aliphatic rings. The topological polar surface area (TPSA) is 21.3 Å². The Morgan fingerprint density at radius 2 is 2.00 bits per heavy atom. The highest BCUT2D eigenvalue weighted by Gasteiger charge is 2.37. The fraction of sp³-hybridized carbons (Fsp3) is 0.571. The summed E-state index contributed by atoms with van der Waals surface area (Å²) < 4.78 is 7.26. The van der Waals surface area contributed by atoms with E-state index in [1.807, 2.05) is 7.05 Å². The van der Waals surface area contributed by atoms with Gasteiger partial charge in [-0.05, 0) is 57.0 Å². The molecular weight excluding hydrogens is 278 g/mol. The zero-order valence-electron chi connectivity index (χ0n) is 10.3. The first-order valence-electron chi connectivity index (χ1n) is 6.27. The minimum absolute atomic E-state index is 0.149. The molecule has 1 saturated carbocycles. The van der Waals surface area contributed by atoms with Crippen molar-refractivity contribution in [3.8, 4) is 0 Å². The summed E-state index contributed by atoms with van der Waals surface area (Å²) in [6, 6.07) is 8.38. The number of rotatable bonds is 6. The molecule has 0 bridgehead atoms. The molecule has 1 aliphatic carbocycles. The molecule has 2 rings (SSSR count). The average Bonchev–Trinajstić information content (AvgIpc) is 2.30. The van der Waals surface area contributed by atoms with Crippen molar-refractivity contribution in [2.24, 2.45) is 0 Å². The van der Waals surface area contributed by atoms with E-state index in [1.54, 1.807) is 0 Å². The Kier molecular flexibility index (Phi) is 4.60. The second kappa shape index (κ2) is 5.98. The van der Waals surface area contributed by atoms with E-state index in [4.69, 9.17) is 4.74 Å². The highest BCUT2D eigenvalue weighted by molar-refractivity contribution is 9.10. The van der Waals surface area contributed by atoms with Crippen LogP contribution in [0.1, 0.15) is 31.2 Å². The van der Waals surface area contributed by atoms with Gasteiger partial charge in [-0.1, -0.05) is 28.1 Å². The quantitative estimate of drug-likeness (QED) is 0.868. The van der Waals surface area contributed by atoms with Crippen LogP contribution >= 0.6 is 15.9 Å². The molecule has 0 unspecified atom stereocenters. The van der Waals surface area contributed by atoms with Crippen LogP contribution < -0.4 is 5.32 Å². The van der Waals surface area contributed by atoms with E-state index in [1.165, 1.54) is 24.8 Å². The maximum atomic E-state index is 6.14. The van der Waals surface area contributed by atoms with E-state index in [-0.39, 0.29) is 5.60 Å². The number of benzene rings is 1. The summed E-state index contributed by atoms with van der Waals surface area (Å²) in [7, 11) is 2.00. The van der Waals surface area contributed by atoms with Crippen molar-refractivity contribution in [3.05, 3.63) is 34.3 Å². The van der Waals surface area contributed by atoms with Crippen LogP contribution in [0.25, 0.3) is 0 Å². The van der Waals surface area contributed by atoms with Crippen molar-refractivity contribution in [2.75, 3.05) is 13.6 Å². The maximum Gasteiger partial charge on any atom is 0.0724 e. The number of hydrogen-bond acceptors (Lipinski definition) is 2. The number of halogens is 1. The van der Waals surface area contributed by atoms with Crippen LogP contribution in [0.15, 0.2) is 28.7 Å². The predicted octanol–water partition coefficient (Wildman–Crippen LogP) is 3.50. The van der Waals surface area contributed by atoms with Crippen LogP contribution in [0, 0.1) is 0 Å². The van der Waals surface area contributed by atoms with E-state index in [2.05, 4.69) is 45.5 Å². The van der Waals surface area contributed by atoms with Crippen molar-refractivity contribution < 1.29 is 4.74 Å². The molecule has 0 amide bonds. The van der Waals surface area contributed by atoms with Crippen LogP contribution in [-0.4, -0.2) is 19.2 Å². The predicted molar refractivity (Wildman–Crippen MR) is 74.1 cm³/mol. The molecule has 0 aromatic heterocycles. The summed E-state index contributed by atoms with van der Waals surface area (Å²) in [6.45, 7) is 1.78. The molecule has 0 heterocycles. The summed E-state index contributed by atoms with van der Waals surface area (Å²) >= 11 is 3.45. The lowest BCUT2D eigenvalue weighted by Crippen LogP contribution is -2.42. The third-order valence-corrected chi connectivity index (χ3v) is 4.08. The third kappa shape index (κ3) is 3.54. The molecule has 3 heteroatoms. The van der Waals surface area contributed by atoms with Gasteiger partial charge in [0.1, 0.15) is 0 Å². The van der Waals surface area contributed by atoms with Gasteiger partial charge in [-0.25, -0.2) is 0 Å². The van der Waals surface area contributed by atoms with Crippen LogP contribution in [0.4, 0.5) is 0 Å². The Bertz CT molecular complexity index is 346. The monoisotopic (exact) mass is 297 g/mol. The van der Waals surface area contributed by atoms with Crippen LogP contribution in [0.5, 0.6) is 0 Å². The molecular formula is C14H20BrNO. The van der Waals surface area contributed by atoms with Crippen molar-refractivity contribution >= 4 is 15.9 Å². The van der Waals surface area contributed by atoms with Crippen molar-refractivity contribution in [1.29, 1.82) is 0 Å². The van der Waals surface area contributed by atoms with E-state index < -0.39 is 0 Å². The molecule has 2 nitrogen and oxygen atoms in total. The Balaban J connectivity index is 1.85. The molecule has 17 heavy (non-hydrogen) atoms. The Hall–Kier alpha value is -0.380. The Morgan fingerprint density at radius 3 is 2.53 bits per heavy atom. The molecule has 0 spiro atoms. The van der Waals surface area contributed by atoms with Crippen LogP contribution in [-0.2, 0) is 11.3 Å². The summed E-state index contributed by atoms with van der Waals surface area (Å²) in [5, 5.41) is 3.21. The van der Waals surface area contributed by atoms with E-state index in [0.717, 1.165) is 24.0 Å². The van der Waals surface area contributed by atoms with Gasteiger partial charge in [0.25, 0.3) is 0 Å². The Morgan fingerprint density at radius 1 is 1.29 bits per heavy atom. The largest absolute Gasteiger partial charge is 0.370 e. The van der Waals surface area contributed by atoms with Crippen molar-refractivity contribution in [1.82, 2.24) is 5.32 Å². The van der Waals surface area contributed by atoms with Gasteiger partial charge >= 0.3 is 0 Å². The minimum atomic E-state index is 0.149. The second-order valence-corrected chi connectivity index (χ2v) is 5.72. The lowest BCUT2D eigenvalue weighted by atomic mass is 9.77. The van der Waals surface area contributed by atoms with Gasteiger partial charge in [0, 0.05) is 4.47 Å². The van der Waals surface area contributed by atoms with Gasteiger partial charge in [0.05, 0.1) is 12.2 Å². The van der Waals surface area contributed by atoms with Gasteiger partial charge < -0.3 is 10.1 Å². The van der Waals surface area contributed by atoms with E-state index >= 15 is 0 Å². The average molecular weight is 298 g/mol. The molecule has 1 aromatic rings. The second-order valence-electron chi connectivity index (χ2n) is 4.81. The zero-order valence-corrected chi connectivity index (χ0v) is 11.9. The van der Waals surface area contributed by atoms with Crippen molar-refractivity contribution in [2.45, 2.75) is 37.9 Å². The molecule has 1 fully saturated rings. The van der Waals surface area contributed by atoms with E-state index in [9.17, 15) is 0 Å². The standard InChI is InChI=1S/C14H20BrNO/c1-16-10-9-14(7-2-8-14)17-11-12-3-5-13(15)6-4-12/h3-6,16H,2,7-11H2,1H3. The lowest BCUT2D eigenvalue weighted by Gasteiger charge is -2.42. The summed E-state index contributed by atoms with van der Waals surface area (Å²) in [5.74, 6) is 0. The highest BCUT2D eigenvalue weighted by atomic mass is 79.9. The van der Waals surface area contributed by atoms with Crippen molar-refractivity contribution in [3.63, 3.8) is 0 Å². The molecule has 94 valence electrons. The summed E-state index contributed by atoms with van der Waals surface area (Å²) in [6.07, 6.45) is 4.86. The molecule has 0 aliphatic heterocycles. The van der Waals surface area contributed by atoms with Crippen LogP contribution in [0.3, 0.4) is 0 Å². The number of nitrogens with one attached hydrogen (secondary N) is 1. The molecule has 0 atom stereocenters. The molecule has 1 aromatic carbocycles. The first-order chi connectivity index (χ1) is 8.24. The van der Waals surface area contributed by atoms with E-state index in [0.29, 0.717) is 0 Å². The first-order valence-corrected chi connectivity index (χ1v) is 7.06. The summed E-state index contributed by atoms with van der Waals surface area (Å²) in [4.78, 5) is 0. The number of hydrogen-bond donors (Lipinski definition) is 1.